The highest BCUT2D eigenvalue weighted by atomic mass is 32.1. The Morgan fingerprint density at radius 3 is 2.86 bits per heavy atom. The first kappa shape index (κ1) is 18.7. The zero-order valence-corrected chi connectivity index (χ0v) is 17.4. The number of pyridine rings is 1. The number of aromatic nitrogens is 4. The molecule has 1 N–H and O–H groups in total. The first-order chi connectivity index (χ1) is 13.3. The third kappa shape index (κ3) is 3.82. The summed E-state index contributed by atoms with van der Waals surface area (Å²) in [7, 11) is 1.91. The maximum Gasteiger partial charge on any atom is 0.239 e. The molecule has 7 nitrogen and oxygen atoms in total. The van der Waals surface area contributed by atoms with Gasteiger partial charge in [0.15, 0.2) is 5.82 Å². The van der Waals surface area contributed by atoms with Gasteiger partial charge in [-0.05, 0) is 46.1 Å². The van der Waals surface area contributed by atoms with E-state index in [9.17, 15) is 4.79 Å². The Labute approximate surface area is 168 Å². The number of fused-ring (bicyclic) bond motifs is 2. The van der Waals surface area contributed by atoms with E-state index in [0.29, 0.717) is 5.82 Å². The minimum absolute atomic E-state index is 0.0221. The molecule has 0 fully saturated rings. The average Bonchev–Trinajstić information content (AvgIpc) is 3.27. The molecule has 0 aliphatic heterocycles. The van der Waals surface area contributed by atoms with E-state index >= 15 is 0 Å². The van der Waals surface area contributed by atoms with Gasteiger partial charge in [-0.25, -0.2) is 15.0 Å². The van der Waals surface area contributed by atoms with E-state index < -0.39 is 0 Å². The van der Waals surface area contributed by atoms with Gasteiger partial charge in [-0.2, -0.15) is 0 Å². The van der Waals surface area contributed by atoms with Gasteiger partial charge in [0, 0.05) is 23.8 Å². The molecule has 146 valence electrons. The molecule has 3 aromatic rings. The Bertz CT molecular complexity index is 1040. The first-order valence-corrected chi connectivity index (χ1v) is 10.3. The van der Waals surface area contributed by atoms with Crippen molar-refractivity contribution in [1.82, 2.24) is 25.3 Å². The van der Waals surface area contributed by atoms with Gasteiger partial charge in [0.25, 0.3) is 0 Å². The molecule has 0 bridgehead atoms. The molecule has 8 heteroatoms. The molecule has 1 aliphatic carbocycles. The van der Waals surface area contributed by atoms with Crippen molar-refractivity contribution >= 4 is 33.3 Å². The van der Waals surface area contributed by atoms with Crippen LogP contribution in [-0.2, 0) is 17.6 Å². The van der Waals surface area contributed by atoms with Crippen LogP contribution in [0.4, 0.5) is 5.82 Å². The van der Waals surface area contributed by atoms with E-state index in [1.54, 1.807) is 17.5 Å². The van der Waals surface area contributed by atoms with Crippen molar-refractivity contribution in [1.29, 1.82) is 0 Å². The Morgan fingerprint density at radius 2 is 2.07 bits per heavy atom. The smallest absolute Gasteiger partial charge is 0.239 e. The van der Waals surface area contributed by atoms with Crippen molar-refractivity contribution in [3.63, 3.8) is 0 Å². The molecule has 4 rings (SSSR count). The van der Waals surface area contributed by atoms with Gasteiger partial charge in [-0.1, -0.05) is 0 Å². The lowest BCUT2D eigenvalue weighted by atomic mass is 10.1. The zero-order valence-electron chi connectivity index (χ0n) is 16.6. The van der Waals surface area contributed by atoms with Gasteiger partial charge in [-0.3, -0.25) is 9.78 Å². The molecule has 3 heterocycles. The van der Waals surface area contributed by atoms with E-state index in [1.165, 1.54) is 0 Å². The third-order valence-corrected chi connectivity index (χ3v) is 5.41. The predicted octanol–water partition coefficient (Wildman–Crippen LogP) is 2.99. The normalized spacial score (nSPS) is 13.6. The SMILES string of the molecule is CN(CC(=O)NC(C)(C)C)c1nc(-c2cc3scnc3cn2)nc2c1CCC2. The number of likely N-dealkylation sites (N-methyl/N-ethyl adjacent to an activating group) is 1. The van der Waals surface area contributed by atoms with Crippen LogP contribution in [0.25, 0.3) is 21.7 Å². The fourth-order valence-corrected chi connectivity index (χ4v) is 4.16. The molecule has 1 amide bonds. The number of thiazole rings is 1. The van der Waals surface area contributed by atoms with Gasteiger partial charge in [0.05, 0.1) is 28.5 Å². The number of nitrogens with zero attached hydrogens (tertiary/aromatic N) is 5. The molecular weight excluding hydrogens is 372 g/mol. The number of aryl methyl sites for hydroxylation is 1. The van der Waals surface area contributed by atoms with Crippen molar-refractivity contribution in [2.45, 2.75) is 45.6 Å². The van der Waals surface area contributed by atoms with Crippen LogP contribution in [0.3, 0.4) is 0 Å². The summed E-state index contributed by atoms with van der Waals surface area (Å²) in [5.74, 6) is 1.41. The predicted molar refractivity (Wildman–Crippen MR) is 112 cm³/mol. The van der Waals surface area contributed by atoms with Crippen LogP contribution in [0.1, 0.15) is 38.4 Å². The standard InChI is InChI=1S/C20H24N6OS/c1-20(2,3)25-17(27)10-26(4)19-12-6-5-7-13(12)23-18(24-19)14-8-16-15(9-21-14)22-11-28-16/h8-9,11H,5-7,10H2,1-4H3,(H,25,27). The topological polar surface area (TPSA) is 83.9 Å². The summed E-state index contributed by atoms with van der Waals surface area (Å²) in [6, 6.07) is 1.99. The van der Waals surface area contributed by atoms with Gasteiger partial charge in [-0.15, -0.1) is 11.3 Å². The molecule has 0 aromatic carbocycles. The van der Waals surface area contributed by atoms with Crippen molar-refractivity contribution in [3.05, 3.63) is 29.0 Å². The number of hydrogen-bond acceptors (Lipinski definition) is 7. The van der Waals surface area contributed by atoms with Crippen molar-refractivity contribution < 1.29 is 4.79 Å². The van der Waals surface area contributed by atoms with E-state index in [4.69, 9.17) is 9.97 Å². The van der Waals surface area contributed by atoms with Crippen LogP contribution >= 0.6 is 11.3 Å². The Morgan fingerprint density at radius 1 is 1.25 bits per heavy atom. The molecule has 0 unspecified atom stereocenters. The average molecular weight is 397 g/mol. The lowest BCUT2D eigenvalue weighted by molar-refractivity contribution is -0.121. The van der Waals surface area contributed by atoms with Crippen LogP contribution in [-0.4, -0.2) is 45.0 Å². The fraction of sp³-hybridized carbons (Fsp3) is 0.450. The maximum atomic E-state index is 12.4. The summed E-state index contributed by atoms with van der Waals surface area (Å²) < 4.78 is 1.06. The van der Waals surface area contributed by atoms with E-state index in [0.717, 1.165) is 52.2 Å². The summed E-state index contributed by atoms with van der Waals surface area (Å²) in [6.07, 6.45) is 4.70. The number of nitrogens with one attached hydrogen (secondary N) is 1. The van der Waals surface area contributed by atoms with Crippen LogP contribution < -0.4 is 10.2 Å². The monoisotopic (exact) mass is 396 g/mol. The molecule has 0 saturated carbocycles. The zero-order chi connectivity index (χ0) is 19.9. The van der Waals surface area contributed by atoms with Gasteiger partial charge in [0.2, 0.25) is 5.91 Å². The summed E-state index contributed by atoms with van der Waals surface area (Å²) in [4.78, 5) is 32.7. The Balaban J connectivity index is 1.68. The van der Waals surface area contributed by atoms with E-state index in [-0.39, 0.29) is 18.0 Å². The quantitative estimate of drug-likeness (QED) is 0.730. The fourth-order valence-electron chi connectivity index (χ4n) is 3.47. The first-order valence-electron chi connectivity index (χ1n) is 9.42. The highest BCUT2D eigenvalue weighted by Gasteiger charge is 2.24. The number of hydrogen-bond donors (Lipinski definition) is 1. The molecule has 0 atom stereocenters. The molecular formula is C20H24N6OS. The van der Waals surface area contributed by atoms with Gasteiger partial charge >= 0.3 is 0 Å². The van der Waals surface area contributed by atoms with E-state index in [1.807, 2.05) is 44.3 Å². The molecule has 0 saturated heterocycles. The summed E-state index contributed by atoms with van der Waals surface area (Å²) in [5, 5.41) is 3.01. The Kier molecular flexibility index (Phi) is 4.74. The summed E-state index contributed by atoms with van der Waals surface area (Å²) in [5.41, 5.74) is 5.38. The van der Waals surface area contributed by atoms with E-state index in [2.05, 4.69) is 15.3 Å². The highest BCUT2D eigenvalue weighted by molar-refractivity contribution is 7.16. The van der Waals surface area contributed by atoms with Gasteiger partial charge < -0.3 is 10.2 Å². The number of carbonyl (C=O) groups excluding carboxylic acids is 1. The summed E-state index contributed by atoms with van der Waals surface area (Å²) >= 11 is 1.58. The highest BCUT2D eigenvalue weighted by Crippen LogP contribution is 2.31. The maximum absolute atomic E-state index is 12.4. The van der Waals surface area contributed by atoms with Gasteiger partial charge in [0.1, 0.15) is 11.5 Å². The number of amides is 1. The van der Waals surface area contributed by atoms with Crippen molar-refractivity contribution in [3.8, 4) is 11.5 Å². The second-order valence-corrected chi connectivity index (χ2v) is 9.08. The molecule has 0 spiro atoms. The lowest BCUT2D eigenvalue weighted by Gasteiger charge is -2.25. The second kappa shape index (κ2) is 7.09. The minimum Gasteiger partial charge on any atom is -0.350 e. The molecule has 3 aromatic heterocycles. The van der Waals surface area contributed by atoms with Crippen LogP contribution in [0.2, 0.25) is 0 Å². The van der Waals surface area contributed by atoms with Crippen molar-refractivity contribution in [2.24, 2.45) is 0 Å². The number of rotatable bonds is 4. The molecule has 0 radical (unpaired) electrons. The van der Waals surface area contributed by atoms with Crippen LogP contribution in [0, 0.1) is 0 Å². The van der Waals surface area contributed by atoms with Crippen LogP contribution in [0.5, 0.6) is 0 Å². The number of anilines is 1. The lowest BCUT2D eigenvalue weighted by Crippen LogP contribution is -2.45. The summed E-state index contributed by atoms with van der Waals surface area (Å²) in [6.45, 7) is 6.19. The molecule has 1 aliphatic rings. The number of carbonyl (C=O) groups is 1. The largest absolute Gasteiger partial charge is 0.350 e. The van der Waals surface area contributed by atoms with Crippen LogP contribution in [0.15, 0.2) is 17.8 Å². The second-order valence-electron chi connectivity index (χ2n) is 8.19. The molecule has 28 heavy (non-hydrogen) atoms. The third-order valence-electron chi connectivity index (χ3n) is 4.61. The Hall–Kier alpha value is -2.61. The minimum atomic E-state index is -0.259. The van der Waals surface area contributed by atoms with Crippen molar-refractivity contribution in [2.75, 3.05) is 18.5 Å².